The Morgan fingerprint density at radius 3 is 2.86 bits per heavy atom. The van der Waals surface area contributed by atoms with Crippen LogP contribution >= 0.6 is 0 Å². The van der Waals surface area contributed by atoms with E-state index in [0.29, 0.717) is 23.5 Å². The minimum Gasteiger partial charge on any atom is -0.490 e. The molecule has 0 atom stereocenters. The molecule has 1 aliphatic heterocycles. The number of carboxylic acids is 1. The van der Waals surface area contributed by atoms with Crippen LogP contribution in [0.4, 0.5) is 5.69 Å². The first-order valence-electron chi connectivity index (χ1n) is 6.42. The fourth-order valence-corrected chi connectivity index (χ4v) is 2.33. The van der Waals surface area contributed by atoms with Crippen LogP contribution in [0.15, 0.2) is 39.5 Å². The lowest BCUT2D eigenvalue weighted by molar-refractivity contribution is 0.0658. The molecule has 1 aromatic heterocycles. The number of hydrogen-bond acceptors (Lipinski definition) is 5. The Morgan fingerprint density at radius 2 is 2.10 bits per heavy atom. The molecule has 6 heteroatoms. The van der Waals surface area contributed by atoms with E-state index in [1.165, 1.54) is 12.1 Å². The summed E-state index contributed by atoms with van der Waals surface area (Å²) >= 11 is 0. The third kappa shape index (κ3) is 2.35. The molecule has 21 heavy (non-hydrogen) atoms. The first kappa shape index (κ1) is 13.2. The molecule has 0 fully saturated rings. The third-order valence-electron chi connectivity index (χ3n) is 3.39. The molecule has 0 radical (unpaired) electrons. The van der Waals surface area contributed by atoms with E-state index >= 15 is 0 Å². The number of rotatable bonds is 2. The molecule has 1 aromatic carbocycles. The van der Waals surface area contributed by atoms with Crippen molar-refractivity contribution in [2.75, 3.05) is 25.1 Å². The Bertz CT molecular complexity index is 765. The molecule has 0 unspecified atom stereocenters. The maximum Gasteiger partial charge on any atom is 0.372 e. The molecule has 6 nitrogen and oxygen atoms in total. The Hall–Kier alpha value is -2.76. The Kier molecular flexibility index (Phi) is 3.13. The number of nitrogens with zero attached hydrogens (tertiary/aromatic N) is 1. The first-order valence-corrected chi connectivity index (χ1v) is 6.42. The predicted octanol–water partition coefficient (Wildman–Crippen LogP) is 1.83. The largest absolute Gasteiger partial charge is 0.490 e. The summed E-state index contributed by atoms with van der Waals surface area (Å²) in [5.41, 5.74) is 1.23. The second kappa shape index (κ2) is 4.97. The maximum absolute atomic E-state index is 11.2. The highest BCUT2D eigenvalue weighted by Gasteiger charge is 2.19. The standard InChI is InChI=1S/C15H13NO5/c1-16-6-7-20-12-8-9(2-4-11(12)16)10-3-5-13(17)21-14(10)15(18)19/h2-5,8H,6-7H2,1H3,(H,18,19). The molecule has 1 aliphatic rings. The van der Waals surface area contributed by atoms with Gasteiger partial charge in [0.25, 0.3) is 0 Å². The van der Waals surface area contributed by atoms with Gasteiger partial charge < -0.3 is 19.2 Å². The van der Waals surface area contributed by atoms with E-state index in [9.17, 15) is 9.59 Å². The number of hydrogen-bond donors (Lipinski definition) is 1. The molecule has 3 rings (SSSR count). The maximum atomic E-state index is 11.2. The number of carbonyl (C=O) groups is 1. The second-order valence-corrected chi connectivity index (χ2v) is 4.75. The summed E-state index contributed by atoms with van der Waals surface area (Å²) in [6, 6.07) is 8.05. The van der Waals surface area contributed by atoms with Gasteiger partial charge in [0.1, 0.15) is 12.4 Å². The molecular formula is C15H13NO5. The summed E-state index contributed by atoms with van der Waals surface area (Å²) in [6.45, 7) is 1.37. The van der Waals surface area contributed by atoms with Gasteiger partial charge >= 0.3 is 11.6 Å². The molecule has 0 amide bonds. The minimum absolute atomic E-state index is 0.349. The fourth-order valence-electron chi connectivity index (χ4n) is 2.33. The lowest BCUT2D eigenvalue weighted by Crippen LogP contribution is -2.28. The number of benzene rings is 1. The number of anilines is 1. The molecule has 0 bridgehead atoms. The van der Waals surface area contributed by atoms with Gasteiger partial charge in [-0.3, -0.25) is 0 Å². The Labute approximate surface area is 120 Å². The summed E-state index contributed by atoms with van der Waals surface area (Å²) in [4.78, 5) is 24.5. The van der Waals surface area contributed by atoms with E-state index in [2.05, 4.69) is 4.90 Å². The number of likely N-dealkylation sites (N-methyl/N-ethyl adjacent to an activating group) is 1. The summed E-state index contributed by atoms with van der Waals surface area (Å²) < 4.78 is 10.4. The van der Waals surface area contributed by atoms with E-state index in [1.54, 1.807) is 12.1 Å². The van der Waals surface area contributed by atoms with Crippen LogP contribution in [0, 0.1) is 0 Å². The van der Waals surface area contributed by atoms with Crippen LogP contribution in [-0.4, -0.2) is 31.3 Å². The molecule has 1 N–H and O–H groups in total. The average Bonchev–Trinajstić information content (AvgIpc) is 2.47. The average molecular weight is 287 g/mol. The quantitative estimate of drug-likeness (QED) is 0.907. The van der Waals surface area contributed by atoms with Crippen LogP contribution < -0.4 is 15.3 Å². The van der Waals surface area contributed by atoms with Crippen molar-refractivity contribution in [1.82, 2.24) is 0 Å². The molecule has 0 aliphatic carbocycles. The summed E-state index contributed by atoms with van der Waals surface area (Å²) in [6.07, 6.45) is 0. The van der Waals surface area contributed by atoms with Gasteiger partial charge in [-0.05, 0) is 23.8 Å². The predicted molar refractivity (Wildman–Crippen MR) is 76.1 cm³/mol. The molecule has 0 spiro atoms. The summed E-state index contributed by atoms with van der Waals surface area (Å²) in [7, 11) is 1.96. The molecule has 0 saturated carbocycles. The lowest BCUT2D eigenvalue weighted by Gasteiger charge is -2.28. The molecule has 0 saturated heterocycles. The van der Waals surface area contributed by atoms with Crippen LogP contribution in [0.3, 0.4) is 0 Å². The van der Waals surface area contributed by atoms with Gasteiger partial charge in [0, 0.05) is 18.7 Å². The lowest BCUT2D eigenvalue weighted by atomic mass is 10.0. The van der Waals surface area contributed by atoms with Crippen LogP contribution in [0.25, 0.3) is 11.1 Å². The van der Waals surface area contributed by atoms with Crippen LogP contribution in [0.1, 0.15) is 10.6 Å². The van der Waals surface area contributed by atoms with Gasteiger partial charge in [-0.2, -0.15) is 0 Å². The highest BCUT2D eigenvalue weighted by atomic mass is 16.5. The van der Waals surface area contributed by atoms with Crippen LogP contribution in [0.5, 0.6) is 5.75 Å². The minimum atomic E-state index is -1.28. The van der Waals surface area contributed by atoms with Crippen molar-refractivity contribution in [2.24, 2.45) is 0 Å². The number of carboxylic acid groups (broad SMARTS) is 1. The monoisotopic (exact) mass is 287 g/mol. The fraction of sp³-hybridized carbons (Fsp3) is 0.200. The SMILES string of the molecule is CN1CCOc2cc(-c3ccc(=O)oc3C(=O)O)ccc21. The molecular weight excluding hydrogens is 274 g/mol. The third-order valence-corrected chi connectivity index (χ3v) is 3.39. The van der Waals surface area contributed by atoms with E-state index < -0.39 is 11.6 Å². The van der Waals surface area contributed by atoms with Gasteiger partial charge in [0.15, 0.2) is 0 Å². The van der Waals surface area contributed by atoms with E-state index in [-0.39, 0.29) is 5.76 Å². The number of fused-ring (bicyclic) bond motifs is 1. The van der Waals surface area contributed by atoms with Crippen molar-refractivity contribution >= 4 is 11.7 Å². The highest BCUT2D eigenvalue weighted by Crippen LogP contribution is 2.35. The van der Waals surface area contributed by atoms with Crippen molar-refractivity contribution < 1.29 is 19.1 Å². The van der Waals surface area contributed by atoms with E-state index in [0.717, 1.165) is 12.2 Å². The normalized spacial score (nSPS) is 13.5. The van der Waals surface area contributed by atoms with Crippen molar-refractivity contribution in [2.45, 2.75) is 0 Å². The summed E-state index contributed by atoms with van der Waals surface area (Å²) in [5, 5.41) is 9.16. The van der Waals surface area contributed by atoms with Gasteiger partial charge in [-0.15, -0.1) is 0 Å². The summed E-state index contributed by atoms with van der Waals surface area (Å²) in [5.74, 6) is -0.964. The smallest absolute Gasteiger partial charge is 0.372 e. The van der Waals surface area contributed by atoms with Crippen LogP contribution in [-0.2, 0) is 0 Å². The van der Waals surface area contributed by atoms with Gasteiger partial charge in [0.05, 0.1) is 12.2 Å². The van der Waals surface area contributed by atoms with Crippen molar-refractivity contribution in [1.29, 1.82) is 0 Å². The molecule has 2 heterocycles. The van der Waals surface area contributed by atoms with Gasteiger partial charge in [0.2, 0.25) is 5.76 Å². The van der Waals surface area contributed by atoms with Crippen molar-refractivity contribution in [3.05, 3.63) is 46.5 Å². The topological polar surface area (TPSA) is 80.0 Å². The van der Waals surface area contributed by atoms with E-state index in [4.69, 9.17) is 14.3 Å². The van der Waals surface area contributed by atoms with Crippen molar-refractivity contribution in [3.8, 4) is 16.9 Å². The van der Waals surface area contributed by atoms with Crippen molar-refractivity contribution in [3.63, 3.8) is 0 Å². The Balaban J connectivity index is 2.14. The second-order valence-electron chi connectivity index (χ2n) is 4.75. The zero-order valence-electron chi connectivity index (χ0n) is 11.3. The molecule has 2 aromatic rings. The van der Waals surface area contributed by atoms with Crippen LogP contribution in [0.2, 0.25) is 0 Å². The molecule has 108 valence electrons. The van der Waals surface area contributed by atoms with Gasteiger partial charge in [-0.25, -0.2) is 9.59 Å². The van der Waals surface area contributed by atoms with Gasteiger partial charge in [-0.1, -0.05) is 6.07 Å². The first-order chi connectivity index (χ1) is 10.1. The number of aromatic carboxylic acids is 1. The van der Waals surface area contributed by atoms with E-state index in [1.807, 2.05) is 13.1 Å². The number of ether oxygens (including phenoxy) is 1. The Morgan fingerprint density at radius 1 is 1.29 bits per heavy atom. The zero-order chi connectivity index (χ0) is 15.0. The zero-order valence-corrected chi connectivity index (χ0v) is 11.3. The highest BCUT2D eigenvalue weighted by molar-refractivity contribution is 5.93.